The maximum Gasteiger partial charge on any atom is 0.113 e. The van der Waals surface area contributed by atoms with E-state index in [0.717, 1.165) is 12.5 Å². The van der Waals surface area contributed by atoms with Crippen molar-refractivity contribution in [2.45, 2.75) is 71.8 Å². The largest absolute Gasteiger partial charge is 0.305 e. The van der Waals surface area contributed by atoms with E-state index < -0.39 is 0 Å². The number of aromatic nitrogens is 1. The van der Waals surface area contributed by atoms with E-state index in [9.17, 15) is 0 Å². The van der Waals surface area contributed by atoms with Crippen LogP contribution in [0.5, 0.6) is 0 Å². The van der Waals surface area contributed by atoms with Gasteiger partial charge in [0.25, 0.3) is 0 Å². The summed E-state index contributed by atoms with van der Waals surface area (Å²) in [7, 11) is 0. The van der Waals surface area contributed by atoms with Gasteiger partial charge in [-0.25, -0.2) is 4.98 Å². The molecule has 1 aliphatic carbocycles. The summed E-state index contributed by atoms with van der Waals surface area (Å²) >= 11 is 1.87. The molecule has 3 unspecified atom stereocenters. The van der Waals surface area contributed by atoms with E-state index in [2.05, 4.69) is 45.3 Å². The van der Waals surface area contributed by atoms with Crippen LogP contribution in [0.1, 0.15) is 76.9 Å². The first-order valence-corrected chi connectivity index (χ1v) is 9.08. The van der Waals surface area contributed by atoms with Crippen molar-refractivity contribution in [2.75, 3.05) is 6.54 Å². The second-order valence-corrected chi connectivity index (χ2v) is 7.77. The van der Waals surface area contributed by atoms with Crippen LogP contribution < -0.4 is 5.32 Å². The van der Waals surface area contributed by atoms with E-state index in [4.69, 9.17) is 4.98 Å². The molecule has 2 nitrogen and oxygen atoms in total. The first-order valence-electron chi connectivity index (χ1n) is 8.20. The minimum Gasteiger partial charge on any atom is -0.305 e. The lowest BCUT2D eigenvalue weighted by molar-refractivity contribution is 0.121. The molecule has 1 heterocycles. The van der Waals surface area contributed by atoms with Gasteiger partial charge in [-0.2, -0.15) is 0 Å². The zero-order valence-electron chi connectivity index (χ0n) is 13.7. The van der Waals surface area contributed by atoms with Gasteiger partial charge in [-0.1, -0.05) is 34.6 Å². The number of rotatable bonds is 5. The average molecular weight is 295 g/mol. The molecule has 1 aromatic heterocycles. The Morgan fingerprint density at radius 2 is 2.20 bits per heavy atom. The highest BCUT2D eigenvalue weighted by atomic mass is 32.1. The zero-order valence-corrected chi connectivity index (χ0v) is 14.5. The molecule has 1 aromatic rings. The third kappa shape index (κ3) is 3.09. The van der Waals surface area contributed by atoms with E-state index in [1.54, 1.807) is 0 Å². The van der Waals surface area contributed by atoms with Gasteiger partial charge in [0.05, 0.1) is 11.2 Å². The Morgan fingerprint density at radius 3 is 2.75 bits per heavy atom. The summed E-state index contributed by atoms with van der Waals surface area (Å²) in [4.78, 5) is 4.99. The Bertz CT molecular complexity index is 422. The minimum absolute atomic E-state index is 0.125. The van der Waals surface area contributed by atoms with Crippen LogP contribution in [0, 0.1) is 11.8 Å². The smallest absolute Gasteiger partial charge is 0.113 e. The van der Waals surface area contributed by atoms with Gasteiger partial charge in [0, 0.05) is 5.38 Å². The Morgan fingerprint density at radius 1 is 1.45 bits per heavy atom. The normalized spacial score (nSPS) is 30.9. The third-order valence-corrected chi connectivity index (χ3v) is 5.85. The van der Waals surface area contributed by atoms with Gasteiger partial charge in [0.1, 0.15) is 5.01 Å². The van der Waals surface area contributed by atoms with Gasteiger partial charge in [0.15, 0.2) is 0 Å². The van der Waals surface area contributed by atoms with Crippen LogP contribution in [0.25, 0.3) is 0 Å². The molecule has 0 bridgehead atoms. The summed E-state index contributed by atoms with van der Waals surface area (Å²) in [6, 6.07) is 0. The van der Waals surface area contributed by atoms with Gasteiger partial charge in [-0.15, -0.1) is 11.3 Å². The van der Waals surface area contributed by atoms with Crippen molar-refractivity contribution in [3.8, 4) is 0 Å². The summed E-state index contributed by atoms with van der Waals surface area (Å²) in [6.07, 6.45) is 5.05. The standard InChI is InChI=1S/C17H30N2S/c1-6-9-18-17(8-7-13(4)10-14(17)5)16-19-15(11-20-16)12(2)3/h11-14,18H,6-10H2,1-5H3. The molecule has 1 saturated carbocycles. The summed E-state index contributed by atoms with van der Waals surface area (Å²) in [5.41, 5.74) is 1.38. The van der Waals surface area contributed by atoms with E-state index in [1.807, 2.05) is 11.3 Å². The van der Waals surface area contributed by atoms with Gasteiger partial charge in [-0.05, 0) is 50.0 Å². The van der Waals surface area contributed by atoms with Gasteiger partial charge in [0.2, 0.25) is 0 Å². The Hall–Kier alpha value is -0.410. The van der Waals surface area contributed by atoms with Crippen LogP contribution in [0.4, 0.5) is 0 Å². The number of nitrogens with zero attached hydrogens (tertiary/aromatic N) is 1. The lowest BCUT2D eigenvalue weighted by Crippen LogP contribution is -2.50. The molecule has 20 heavy (non-hydrogen) atoms. The molecular weight excluding hydrogens is 264 g/mol. The highest BCUT2D eigenvalue weighted by molar-refractivity contribution is 7.09. The lowest BCUT2D eigenvalue weighted by Gasteiger charge is -2.44. The first kappa shape index (κ1) is 16.0. The molecule has 114 valence electrons. The predicted octanol–water partition coefficient (Wildman–Crippen LogP) is 4.92. The minimum atomic E-state index is 0.125. The SMILES string of the molecule is CCCNC1(c2nc(C(C)C)cs2)CCC(C)CC1C. The summed E-state index contributed by atoms with van der Waals surface area (Å²) in [5, 5.41) is 7.46. The van der Waals surface area contributed by atoms with Crippen molar-refractivity contribution in [3.63, 3.8) is 0 Å². The second kappa shape index (κ2) is 6.57. The van der Waals surface area contributed by atoms with Crippen LogP contribution in [0.2, 0.25) is 0 Å². The zero-order chi connectivity index (χ0) is 14.8. The molecule has 3 atom stereocenters. The van der Waals surface area contributed by atoms with Gasteiger partial charge < -0.3 is 5.32 Å². The molecule has 1 N–H and O–H groups in total. The maximum absolute atomic E-state index is 4.99. The summed E-state index contributed by atoms with van der Waals surface area (Å²) in [5.74, 6) is 2.05. The van der Waals surface area contributed by atoms with Crippen molar-refractivity contribution in [3.05, 3.63) is 16.1 Å². The summed E-state index contributed by atoms with van der Waals surface area (Å²) in [6.45, 7) is 12.6. The lowest BCUT2D eigenvalue weighted by atomic mass is 9.70. The second-order valence-electron chi connectivity index (χ2n) is 6.91. The Labute approximate surface area is 128 Å². The Kier molecular flexibility index (Phi) is 5.25. The molecule has 1 fully saturated rings. The van der Waals surface area contributed by atoms with Crippen molar-refractivity contribution in [1.82, 2.24) is 10.3 Å². The van der Waals surface area contributed by atoms with E-state index in [-0.39, 0.29) is 5.54 Å². The fraction of sp³-hybridized carbons (Fsp3) is 0.824. The first-order chi connectivity index (χ1) is 9.49. The third-order valence-electron chi connectivity index (χ3n) is 4.81. The summed E-state index contributed by atoms with van der Waals surface area (Å²) < 4.78 is 0. The number of thiazole rings is 1. The molecule has 1 aliphatic rings. The molecule has 2 rings (SSSR count). The van der Waals surface area contributed by atoms with Crippen LogP contribution in [0.3, 0.4) is 0 Å². The quantitative estimate of drug-likeness (QED) is 0.834. The van der Waals surface area contributed by atoms with E-state index >= 15 is 0 Å². The monoisotopic (exact) mass is 294 g/mol. The number of nitrogens with one attached hydrogen (secondary N) is 1. The fourth-order valence-corrected chi connectivity index (χ4v) is 4.70. The number of hydrogen-bond donors (Lipinski definition) is 1. The molecule has 0 spiro atoms. The van der Waals surface area contributed by atoms with Crippen molar-refractivity contribution >= 4 is 11.3 Å². The predicted molar refractivity (Wildman–Crippen MR) is 88.4 cm³/mol. The van der Waals surface area contributed by atoms with Gasteiger partial charge in [-0.3, -0.25) is 0 Å². The molecule has 0 saturated heterocycles. The molecule has 0 amide bonds. The van der Waals surface area contributed by atoms with Crippen molar-refractivity contribution in [2.24, 2.45) is 11.8 Å². The van der Waals surface area contributed by atoms with Crippen LogP contribution in [0.15, 0.2) is 5.38 Å². The maximum atomic E-state index is 4.99. The van der Waals surface area contributed by atoms with Crippen LogP contribution >= 0.6 is 11.3 Å². The topological polar surface area (TPSA) is 24.9 Å². The fourth-order valence-electron chi connectivity index (χ4n) is 3.40. The molecule has 0 aromatic carbocycles. The molecule has 0 radical (unpaired) electrons. The van der Waals surface area contributed by atoms with Gasteiger partial charge >= 0.3 is 0 Å². The molecular formula is C17H30N2S. The van der Waals surface area contributed by atoms with Crippen LogP contribution in [-0.2, 0) is 5.54 Å². The van der Waals surface area contributed by atoms with Crippen molar-refractivity contribution < 1.29 is 0 Å². The highest BCUT2D eigenvalue weighted by Crippen LogP contribution is 2.45. The van der Waals surface area contributed by atoms with Crippen molar-refractivity contribution in [1.29, 1.82) is 0 Å². The highest BCUT2D eigenvalue weighted by Gasteiger charge is 2.43. The molecule has 3 heteroatoms. The van der Waals surface area contributed by atoms with Crippen LogP contribution in [-0.4, -0.2) is 11.5 Å². The Balaban J connectivity index is 2.30. The van der Waals surface area contributed by atoms with E-state index in [0.29, 0.717) is 11.8 Å². The van der Waals surface area contributed by atoms with E-state index in [1.165, 1.54) is 36.4 Å². The number of hydrogen-bond acceptors (Lipinski definition) is 3. The average Bonchev–Trinajstić information content (AvgIpc) is 2.88. The molecule has 0 aliphatic heterocycles.